The lowest BCUT2D eigenvalue weighted by Gasteiger charge is -2.29. The molecular weight excluding hydrogens is 408 g/mol. The maximum Gasteiger partial charge on any atom is 0.212 e. The minimum atomic E-state index is -0.598. The smallest absolute Gasteiger partial charge is 0.212 e. The van der Waals surface area contributed by atoms with E-state index >= 15 is 0 Å². The predicted molar refractivity (Wildman–Crippen MR) is 113 cm³/mol. The van der Waals surface area contributed by atoms with Gasteiger partial charge in [-0.25, -0.2) is 13.8 Å². The Balaban J connectivity index is 1.36. The summed E-state index contributed by atoms with van der Waals surface area (Å²) in [6, 6.07) is 11.7. The molecule has 4 rings (SSSR count). The number of imidazole rings is 1. The molecule has 1 aliphatic heterocycles. The molecule has 1 amide bonds. The molecule has 0 aliphatic carbocycles. The number of carbonyl (C=O) groups is 1. The van der Waals surface area contributed by atoms with Gasteiger partial charge in [-0.1, -0.05) is 18.2 Å². The molecule has 0 saturated carbocycles. The van der Waals surface area contributed by atoms with Gasteiger partial charge in [-0.05, 0) is 37.2 Å². The average molecular weight is 429 g/mol. The van der Waals surface area contributed by atoms with Crippen molar-refractivity contribution >= 4 is 29.2 Å². The van der Waals surface area contributed by atoms with Crippen molar-refractivity contribution in [3.63, 3.8) is 0 Å². The van der Waals surface area contributed by atoms with Gasteiger partial charge in [-0.2, -0.15) is 0 Å². The number of H-pyrrole nitrogens is 1. The zero-order chi connectivity index (χ0) is 20.9. The molecular formula is C21H21F2N5OS. The molecule has 3 N–H and O–H groups in total. The molecule has 30 heavy (non-hydrogen) atoms. The maximum atomic E-state index is 14.1. The van der Waals surface area contributed by atoms with E-state index in [-0.39, 0.29) is 17.5 Å². The fourth-order valence-corrected chi connectivity index (χ4v) is 4.48. The second-order valence-electron chi connectivity index (χ2n) is 6.85. The summed E-state index contributed by atoms with van der Waals surface area (Å²) in [4.78, 5) is 20.5. The highest BCUT2D eigenvalue weighted by Gasteiger charge is 2.28. The van der Waals surface area contributed by atoms with Crippen LogP contribution in [0.4, 0.5) is 8.78 Å². The van der Waals surface area contributed by atoms with Crippen molar-refractivity contribution in [3.05, 3.63) is 76.7 Å². The lowest BCUT2D eigenvalue weighted by Crippen LogP contribution is -2.36. The Morgan fingerprint density at radius 3 is 2.73 bits per heavy atom. The standard InChI is InChI=1S/C21H21F2N5OS/c22-15-4-3-5-16(23)14(15)11-28-20(25-13-29)12-30-21(28)8-9-24-10-19-26-17-6-1-2-7-18(17)27-19/h1-7,12-13,21,24H,8-11H2,(H,25,29)(H,26,27). The lowest BCUT2D eigenvalue weighted by atomic mass is 10.1. The van der Waals surface area contributed by atoms with Crippen molar-refractivity contribution in [1.82, 2.24) is 25.5 Å². The average Bonchev–Trinajstić information content (AvgIpc) is 3.32. The highest BCUT2D eigenvalue weighted by atomic mass is 32.2. The third-order valence-corrected chi connectivity index (χ3v) is 6.05. The number of thioether (sulfide) groups is 1. The predicted octanol–water partition coefficient (Wildman–Crippen LogP) is 3.44. The lowest BCUT2D eigenvalue weighted by molar-refractivity contribution is -0.109. The molecule has 0 spiro atoms. The van der Waals surface area contributed by atoms with E-state index in [1.807, 2.05) is 29.2 Å². The molecule has 0 radical (unpaired) electrons. The number of carbonyl (C=O) groups excluding carboxylic acids is 1. The topological polar surface area (TPSA) is 73.0 Å². The van der Waals surface area contributed by atoms with Crippen LogP contribution in [0.5, 0.6) is 0 Å². The van der Waals surface area contributed by atoms with Gasteiger partial charge in [0.1, 0.15) is 23.3 Å². The number of fused-ring (bicyclic) bond motifs is 1. The zero-order valence-electron chi connectivity index (χ0n) is 16.1. The van der Waals surface area contributed by atoms with E-state index in [4.69, 9.17) is 0 Å². The van der Waals surface area contributed by atoms with Gasteiger partial charge in [0.05, 0.1) is 29.5 Å². The molecule has 0 fully saturated rings. The van der Waals surface area contributed by atoms with Crippen LogP contribution in [0, 0.1) is 11.6 Å². The van der Waals surface area contributed by atoms with Gasteiger partial charge in [0.15, 0.2) is 0 Å². The van der Waals surface area contributed by atoms with Crippen LogP contribution in [0.25, 0.3) is 11.0 Å². The number of rotatable bonds is 9. The first-order chi connectivity index (χ1) is 14.7. The Bertz CT molecular complexity index is 1020. The van der Waals surface area contributed by atoms with Crippen molar-refractivity contribution < 1.29 is 13.6 Å². The van der Waals surface area contributed by atoms with Crippen molar-refractivity contribution in [3.8, 4) is 0 Å². The number of hydrogen-bond donors (Lipinski definition) is 3. The molecule has 0 saturated heterocycles. The first kappa shape index (κ1) is 20.4. The molecule has 9 heteroatoms. The van der Waals surface area contributed by atoms with Crippen LogP contribution in [0.3, 0.4) is 0 Å². The van der Waals surface area contributed by atoms with E-state index in [1.54, 1.807) is 5.41 Å². The summed E-state index contributed by atoms with van der Waals surface area (Å²) in [6.07, 6.45) is 1.28. The second-order valence-corrected chi connectivity index (χ2v) is 7.90. The number of aromatic nitrogens is 2. The number of benzene rings is 2. The Hall–Kier alpha value is -2.91. The van der Waals surface area contributed by atoms with Gasteiger partial charge < -0.3 is 20.5 Å². The van der Waals surface area contributed by atoms with E-state index in [2.05, 4.69) is 20.6 Å². The van der Waals surface area contributed by atoms with Crippen molar-refractivity contribution in [2.45, 2.75) is 24.9 Å². The second kappa shape index (κ2) is 9.27. The van der Waals surface area contributed by atoms with E-state index < -0.39 is 11.6 Å². The molecule has 1 aromatic heterocycles. The number of aromatic amines is 1. The fraction of sp³-hybridized carbons (Fsp3) is 0.238. The van der Waals surface area contributed by atoms with Gasteiger partial charge >= 0.3 is 0 Å². The highest BCUT2D eigenvalue weighted by molar-refractivity contribution is 8.02. The van der Waals surface area contributed by atoms with Crippen LogP contribution in [0.2, 0.25) is 0 Å². The van der Waals surface area contributed by atoms with Gasteiger partial charge in [-0.15, -0.1) is 11.8 Å². The quantitative estimate of drug-likeness (QED) is 0.359. The molecule has 6 nitrogen and oxygen atoms in total. The summed E-state index contributed by atoms with van der Waals surface area (Å²) in [5.74, 6) is 0.195. The number of halogens is 2. The summed E-state index contributed by atoms with van der Waals surface area (Å²) in [5.41, 5.74) is 1.90. The number of hydrogen-bond acceptors (Lipinski definition) is 5. The summed E-state index contributed by atoms with van der Waals surface area (Å²) in [5, 5.41) is 7.71. The molecule has 0 bridgehead atoms. The van der Waals surface area contributed by atoms with Crippen molar-refractivity contribution in [2.75, 3.05) is 6.54 Å². The molecule has 156 valence electrons. The van der Waals surface area contributed by atoms with Crippen LogP contribution >= 0.6 is 11.8 Å². The van der Waals surface area contributed by atoms with E-state index in [1.165, 1.54) is 30.0 Å². The van der Waals surface area contributed by atoms with Crippen LogP contribution in [0.15, 0.2) is 53.7 Å². The molecule has 3 aromatic rings. The minimum absolute atomic E-state index is 0.0150. The third kappa shape index (κ3) is 4.47. The SMILES string of the molecule is O=CNC1=CSC(CCNCc2nc3ccccc3[nH]2)N1Cc1c(F)cccc1F. The first-order valence-corrected chi connectivity index (χ1v) is 10.5. The van der Waals surface area contributed by atoms with Crippen LogP contribution in [0.1, 0.15) is 17.8 Å². The molecule has 1 unspecified atom stereocenters. The third-order valence-electron chi connectivity index (χ3n) is 4.89. The van der Waals surface area contributed by atoms with Crippen molar-refractivity contribution in [1.29, 1.82) is 0 Å². The van der Waals surface area contributed by atoms with E-state index in [0.717, 1.165) is 16.9 Å². The van der Waals surface area contributed by atoms with E-state index in [9.17, 15) is 13.6 Å². The summed E-state index contributed by atoms with van der Waals surface area (Å²) in [6.45, 7) is 1.29. The molecule has 2 aromatic carbocycles. The largest absolute Gasteiger partial charge is 0.341 e. The van der Waals surface area contributed by atoms with Crippen molar-refractivity contribution in [2.24, 2.45) is 0 Å². The summed E-state index contributed by atoms with van der Waals surface area (Å²) in [7, 11) is 0. The monoisotopic (exact) mass is 429 g/mol. The van der Waals surface area contributed by atoms with Gasteiger partial charge in [0.25, 0.3) is 0 Å². The number of para-hydroxylation sites is 2. The van der Waals surface area contributed by atoms with Crippen LogP contribution in [-0.2, 0) is 17.9 Å². The highest BCUT2D eigenvalue weighted by Crippen LogP contribution is 2.33. The maximum absolute atomic E-state index is 14.1. The number of nitrogens with zero attached hydrogens (tertiary/aromatic N) is 2. The normalized spacial score (nSPS) is 16.1. The van der Waals surface area contributed by atoms with Gasteiger partial charge in [0.2, 0.25) is 6.41 Å². The summed E-state index contributed by atoms with van der Waals surface area (Å²) >= 11 is 1.51. The van der Waals surface area contributed by atoms with Gasteiger partial charge in [0, 0.05) is 11.0 Å². The zero-order valence-corrected chi connectivity index (χ0v) is 16.9. The first-order valence-electron chi connectivity index (χ1n) is 9.55. The fourth-order valence-electron chi connectivity index (χ4n) is 3.40. The Labute approximate surface area is 176 Å². The molecule has 2 heterocycles. The van der Waals surface area contributed by atoms with Crippen LogP contribution < -0.4 is 10.6 Å². The molecule has 1 atom stereocenters. The Morgan fingerprint density at radius 2 is 1.97 bits per heavy atom. The number of amides is 1. The Kier molecular flexibility index (Phi) is 6.29. The number of nitrogens with one attached hydrogen (secondary N) is 3. The van der Waals surface area contributed by atoms with Crippen LogP contribution in [-0.4, -0.2) is 33.2 Å². The molecule has 1 aliphatic rings. The minimum Gasteiger partial charge on any atom is -0.341 e. The van der Waals surface area contributed by atoms with E-state index in [0.29, 0.717) is 31.7 Å². The van der Waals surface area contributed by atoms with Gasteiger partial charge in [-0.3, -0.25) is 4.79 Å². The Morgan fingerprint density at radius 1 is 1.17 bits per heavy atom. The summed E-state index contributed by atoms with van der Waals surface area (Å²) < 4.78 is 28.2.